The molecule has 6 atom stereocenters. The minimum Gasteiger partial charge on any atom is -0.394 e. The number of aliphatic hydroxyl groups excluding tert-OH is 2. The lowest BCUT2D eigenvalue weighted by Gasteiger charge is -2.33. The number of hydrogen-bond donors (Lipinski definition) is 7. The Balaban J connectivity index is 0.680. The van der Waals surface area contributed by atoms with Gasteiger partial charge in [0.25, 0.3) is 0 Å². The van der Waals surface area contributed by atoms with E-state index in [1.165, 1.54) is 17.2 Å². The highest BCUT2D eigenvalue weighted by Crippen LogP contribution is 2.36. The summed E-state index contributed by atoms with van der Waals surface area (Å²) in [4.78, 5) is 48.5. The second-order valence-corrected chi connectivity index (χ2v) is 17.6. The molecule has 0 radical (unpaired) electrons. The van der Waals surface area contributed by atoms with Crippen LogP contribution >= 0.6 is 11.8 Å². The van der Waals surface area contributed by atoms with Crippen LogP contribution in [-0.2, 0) is 72.2 Å². The lowest BCUT2D eigenvalue weighted by molar-refractivity contribution is -0.168. The van der Waals surface area contributed by atoms with Crippen LogP contribution in [0.4, 0.5) is 10.6 Å². The van der Waals surface area contributed by atoms with Gasteiger partial charge in [0.15, 0.2) is 17.2 Å². The molecule has 0 saturated carbocycles. The molecule has 4 amide bonds. The van der Waals surface area contributed by atoms with Crippen LogP contribution in [0.25, 0.3) is 11.2 Å². The first-order valence-corrected chi connectivity index (χ1v) is 25.3. The van der Waals surface area contributed by atoms with Gasteiger partial charge >= 0.3 is 6.03 Å². The number of imidazole rings is 1. The predicted molar refractivity (Wildman–Crippen MR) is 255 cm³/mol. The van der Waals surface area contributed by atoms with E-state index in [0.29, 0.717) is 149 Å². The molecule has 71 heavy (non-hydrogen) atoms. The van der Waals surface area contributed by atoms with Crippen molar-refractivity contribution in [1.29, 1.82) is 0 Å². The van der Waals surface area contributed by atoms with Crippen molar-refractivity contribution < 1.29 is 81.4 Å². The van der Waals surface area contributed by atoms with Gasteiger partial charge in [-0.2, -0.15) is 11.8 Å². The summed E-state index contributed by atoms with van der Waals surface area (Å²) >= 11 is 1.89. The maximum Gasteiger partial charge on any atom is 0.315 e. The minimum absolute atomic E-state index is 0.0313. The molecule has 3 fully saturated rings. The van der Waals surface area contributed by atoms with Crippen LogP contribution in [0.2, 0.25) is 0 Å². The number of carbonyl (C=O) groups is 3. The highest BCUT2D eigenvalue weighted by Gasteiger charge is 2.53. The van der Waals surface area contributed by atoms with Crippen LogP contribution in [0.1, 0.15) is 25.7 Å². The van der Waals surface area contributed by atoms with Crippen molar-refractivity contribution in [2.24, 2.45) is 0 Å². The molecule has 3 aliphatic rings. The van der Waals surface area contributed by atoms with E-state index in [1.807, 2.05) is 11.8 Å². The minimum atomic E-state index is -1.59. The molecule has 5 rings (SSSR count). The zero-order chi connectivity index (χ0) is 50.2. The third-order valence-electron chi connectivity index (χ3n) is 11.3. The summed E-state index contributed by atoms with van der Waals surface area (Å²) in [7, 11) is 0. The predicted octanol–water partition coefficient (Wildman–Crippen LogP) is -2.05. The number of carbonyl (C=O) groups excluding carboxylic acids is 3. The fourth-order valence-electron chi connectivity index (χ4n) is 7.60. The van der Waals surface area contributed by atoms with Crippen LogP contribution in [-0.4, -0.2) is 248 Å². The Morgan fingerprint density at radius 3 is 1.75 bits per heavy atom. The SMILES string of the molecule is Nc1ncnc2c1ncn2[C@@]1(OCC(=O)NCCOCCOCCOCCOCCOCCOCCOCCOCCOCCOCCNC(=O)CCCC[C@@H]2SC[C@@H]3NC(=O)N[C@@H]32)CO[C@H](CO)[C@H]1O. The van der Waals surface area contributed by atoms with Crippen molar-refractivity contribution in [1.82, 2.24) is 40.8 Å². The van der Waals surface area contributed by atoms with E-state index >= 15 is 0 Å². The van der Waals surface area contributed by atoms with Gasteiger partial charge in [0.2, 0.25) is 11.8 Å². The number of aliphatic hydroxyl groups is 2. The van der Waals surface area contributed by atoms with Gasteiger partial charge < -0.3 is 94.1 Å². The molecular formula is C44H75N9O17S. The van der Waals surface area contributed by atoms with Crippen LogP contribution in [0, 0.1) is 0 Å². The van der Waals surface area contributed by atoms with E-state index in [-0.39, 0.29) is 55.2 Å². The van der Waals surface area contributed by atoms with Crippen LogP contribution in [0.15, 0.2) is 12.7 Å². The molecular weight excluding hydrogens is 959 g/mol. The van der Waals surface area contributed by atoms with E-state index in [0.717, 1.165) is 25.0 Å². The number of unbranched alkanes of at least 4 members (excludes halogenated alkanes) is 1. The van der Waals surface area contributed by atoms with Crippen molar-refractivity contribution in [3.05, 3.63) is 12.7 Å². The summed E-state index contributed by atoms with van der Waals surface area (Å²) in [6.07, 6.45) is 3.63. The zero-order valence-electron chi connectivity index (χ0n) is 40.5. The Morgan fingerprint density at radius 1 is 0.732 bits per heavy atom. The summed E-state index contributed by atoms with van der Waals surface area (Å²) in [6, 6.07) is 0.376. The molecule has 0 unspecified atom stereocenters. The number of amides is 4. The maximum atomic E-state index is 12.6. The Bertz CT molecular complexity index is 1800. The van der Waals surface area contributed by atoms with E-state index < -0.39 is 37.1 Å². The number of nitrogens with two attached hydrogens (primary N) is 1. The monoisotopic (exact) mass is 1030 g/mol. The summed E-state index contributed by atoms with van der Waals surface area (Å²) in [5, 5.41) is 32.6. The van der Waals surface area contributed by atoms with Crippen molar-refractivity contribution in [2.75, 3.05) is 177 Å². The first-order valence-electron chi connectivity index (χ1n) is 24.3. The Morgan fingerprint density at radius 2 is 1.24 bits per heavy atom. The van der Waals surface area contributed by atoms with Gasteiger partial charge in [0, 0.05) is 30.5 Å². The zero-order valence-corrected chi connectivity index (χ0v) is 41.4. The largest absolute Gasteiger partial charge is 0.394 e. The second kappa shape index (κ2) is 34.7. The number of thioether (sulfide) groups is 1. The Labute approximate surface area is 418 Å². The molecule has 3 saturated heterocycles. The van der Waals surface area contributed by atoms with Crippen molar-refractivity contribution >= 4 is 46.6 Å². The number of rotatable bonds is 43. The first kappa shape index (κ1) is 58.2. The Kier molecular flexibility index (Phi) is 28.5. The molecule has 3 aliphatic heterocycles. The average Bonchev–Trinajstić information content (AvgIpc) is 4.15. The van der Waals surface area contributed by atoms with Gasteiger partial charge in [-0.3, -0.25) is 14.2 Å². The molecule has 0 aliphatic carbocycles. The fraction of sp³-hybridized carbons (Fsp3) is 0.818. The van der Waals surface area contributed by atoms with Gasteiger partial charge in [0.1, 0.15) is 30.7 Å². The molecule has 8 N–H and O–H groups in total. The third kappa shape index (κ3) is 21.0. The molecule has 26 nitrogen and oxygen atoms in total. The summed E-state index contributed by atoms with van der Waals surface area (Å²) in [5.74, 6) is 0.667. The highest BCUT2D eigenvalue weighted by atomic mass is 32.2. The third-order valence-corrected chi connectivity index (χ3v) is 12.8. The van der Waals surface area contributed by atoms with E-state index in [4.69, 9.17) is 62.6 Å². The Hall–Kier alpha value is -3.65. The van der Waals surface area contributed by atoms with Crippen molar-refractivity contribution in [2.45, 2.75) is 60.9 Å². The molecule has 2 aromatic rings. The highest BCUT2D eigenvalue weighted by molar-refractivity contribution is 8.00. The van der Waals surface area contributed by atoms with Crippen LogP contribution < -0.4 is 27.0 Å². The van der Waals surface area contributed by atoms with E-state index in [9.17, 15) is 24.6 Å². The maximum absolute atomic E-state index is 12.6. The summed E-state index contributed by atoms with van der Waals surface area (Å²) in [5.41, 5.74) is 4.89. The van der Waals surface area contributed by atoms with Crippen molar-refractivity contribution in [3.8, 4) is 0 Å². The molecule has 27 heteroatoms. The standard InChI is InChI=1S/C44H75N9O17S/c45-41-39-42(49-31-48-41)53(32-50-39)44(30-69-34(27-54)40(44)57)70-28-37(56)47-6-8-60-10-12-62-14-16-64-18-20-66-22-24-68-26-25-67-23-21-65-19-17-63-15-13-61-11-9-59-7-5-46-36(55)4-2-1-3-35-38-33(29-71-35)51-43(58)52-38/h31-35,38,40,54,57H,1-30H2,(H,46,55)(H,47,56)(H2,45,48,49)(H2,51,52,58)/t33-,34+,35-,38-,40+,44+/m0/s1. The normalized spacial score (nSPS) is 21.7. The van der Waals surface area contributed by atoms with E-state index in [1.54, 1.807) is 0 Å². The van der Waals surface area contributed by atoms with Gasteiger partial charge in [-0.1, -0.05) is 6.42 Å². The number of nitrogens with zero attached hydrogens (tertiary/aromatic N) is 4. The number of aromatic nitrogens is 4. The molecule has 0 bridgehead atoms. The quantitative estimate of drug-likeness (QED) is 0.0278. The number of hydrogen-bond acceptors (Lipinski definition) is 22. The van der Waals surface area contributed by atoms with Gasteiger partial charge in [0.05, 0.1) is 164 Å². The number of fused-ring (bicyclic) bond motifs is 2. The number of urea groups is 1. The van der Waals surface area contributed by atoms with E-state index in [2.05, 4.69) is 36.2 Å². The first-order chi connectivity index (χ1) is 34.8. The summed E-state index contributed by atoms with van der Waals surface area (Å²) in [6.45, 7) is 8.09. The number of nitrogen functional groups attached to an aromatic ring is 1. The van der Waals surface area contributed by atoms with Crippen LogP contribution in [0.3, 0.4) is 0 Å². The summed E-state index contributed by atoms with van der Waals surface area (Å²) < 4.78 is 68.1. The second-order valence-electron chi connectivity index (χ2n) is 16.3. The van der Waals surface area contributed by atoms with Crippen LogP contribution in [0.5, 0.6) is 0 Å². The lowest BCUT2D eigenvalue weighted by atomic mass is 10.0. The van der Waals surface area contributed by atoms with Gasteiger partial charge in [-0.25, -0.2) is 19.7 Å². The number of nitrogens with one attached hydrogen (secondary N) is 4. The smallest absolute Gasteiger partial charge is 0.315 e. The van der Waals surface area contributed by atoms with Gasteiger partial charge in [-0.15, -0.1) is 0 Å². The average molecular weight is 1030 g/mol. The molecule has 0 spiro atoms. The molecule has 5 heterocycles. The molecule has 404 valence electrons. The fourth-order valence-corrected chi connectivity index (χ4v) is 9.14. The van der Waals surface area contributed by atoms with Crippen molar-refractivity contribution in [3.63, 3.8) is 0 Å². The number of ether oxygens (including phenoxy) is 12. The van der Waals surface area contributed by atoms with Gasteiger partial charge in [-0.05, 0) is 12.8 Å². The topological polar surface area (TPSA) is 320 Å². The molecule has 0 aromatic carbocycles. The lowest BCUT2D eigenvalue weighted by Crippen LogP contribution is -2.50. The molecule has 2 aromatic heterocycles. The number of anilines is 1.